The summed E-state index contributed by atoms with van der Waals surface area (Å²) < 4.78 is 0. The number of hydrogen-bond donors (Lipinski definition) is 0. The predicted molar refractivity (Wildman–Crippen MR) is 114 cm³/mol. The summed E-state index contributed by atoms with van der Waals surface area (Å²) in [5.74, 6) is 0.665. The van der Waals surface area contributed by atoms with Gasteiger partial charge in [0.1, 0.15) is 0 Å². The highest BCUT2D eigenvalue weighted by Gasteiger charge is 2.38. The van der Waals surface area contributed by atoms with Crippen molar-refractivity contribution in [2.24, 2.45) is 0 Å². The van der Waals surface area contributed by atoms with Gasteiger partial charge in [0.25, 0.3) is 0 Å². The molecule has 2 aliphatic heterocycles. The summed E-state index contributed by atoms with van der Waals surface area (Å²) in [7, 11) is 0. The van der Waals surface area contributed by atoms with Gasteiger partial charge >= 0.3 is 0 Å². The summed E-state index contributed by atoms with van der Waals surface area (Å²) in [4.78, 5) is 17.0. The van der Waals surface area contributed by atoms with Crippen LogP contribution in [0.3, 0.4) is 0 Å². The Morgan fingerprint density at radius 2 is 1.82 bits per heavy atom. The van der Waals surface area contributed by atoms with Crippen molar-refractivity contribution in [3.8, 4) is 6.07 Å². The van der Waals surface area contributed by atoms with E-state index in [2.05, 4.69) is 43.0 Å². The molecule has 0 saturated carbocycles. The molecule has 0 radical (unpaired) electrons. The maximum Gasteiger partial charge on any atom is 0.229 e. The Hall–Kier alpha value is -2.71. The van der Waals surface area contributed by atoms with Gasteiger partial charge in [-0.25, -0.2) is 0 Å². The lowest BCUT2D eigenvalue weighted by Crippen LogP contribution is -2.47. The number of aryl methyl sites for hydroxylation is 3. The molecular weight excluding hydrogens is 366 g/mol. The maximum atomic E-state index is 13.0. The second-order valence-corrected chi connectivity index (χ2v) is 8.48. The zero-order chi connectivity index (χ0) is 19.8. The van der Waals surface area contributed by atoms with Crippen LogP contribution < -0.4 is 4.90 Å². The molecule has 2 aromatic rings. The quantitative estimate of drug-likeness (QED) is 0.738. The number of carbonyl (C=O) groups is 1. The van der Waals surface area contributed by atoms with Crippen LogP contribution in [0.4, 0.5) is 5.69 Å². The van der Waals surface area contributed by atoms with Crippen LogP contribution >= 0.6 is 11.8 Å². The molecule has 2 heterocycles. The highest BCUT2D eigenvalue weighted by atomic mass is 32.2. The van der Waals surface area contributed by atoms with Crippen LogP contribution in [0.5, 0.6) is 0 Å². The standard InChI is InChI=1S/C23H23N3OS/c1-15-4-7-18(8-5-15)20-11-22(27)26-13-25(14-28-23(26)21(20)12-24)19-9-6-16(2)17(3)10-19/h4-10,20H,11,13-14H2,1-3H3/t20-/m1/s1. The van der Waals surface area contributed by atoms with E-state index < -0.39 is 0 Å². The van der Waals surface area contributed by atoms with Crippen molar-refractivity contribution in [3.63, 3.8) is 0 Å². The molecular formula is C23H23N3OS. The predicted octanol–water partition coefficient (Wildman–Crippen LogP) is 4.83. The van der Waals surface area contributed by atoms with E-state index in [-0.39, 0.29) is 11.8 Å². The topological polar surface area (TPSA) is 47.3 Å². The van der Waals surface area contributed by atoms with Crippen LogP contribution in [-0.4, -0.2) is 23.4 Å². The second-order valence-electron chi connectivity index (χ2n) is 7.54. The number of hydrogen-bond acceptors (Lipinski definition) is 4. The largest absolute Gasteiger partial charge is 0.344 e. The number of nitrogens with zero attached hydrogens (tertiary/aromatic N) is 3. The third kappa shape index (κ3) is 3.29. The first-order valence-corrected chi connectivity index (χ1v) is 10.4. The molecule has 28 heavy (non-hydrogen) atoms. The molecule has 0 aliphatic carbocycles. The molecule has 4 nitrogen and oxygen atoms in total. The Kier molecular flexibility index (Phi) is 4.91. The number of benzene rings is 2. The van der Waals surface area contributed by atoms with Gasteiger partial charge in [0.05, 0.1) is 29.2 Å². The number of thioether (sulfide) groups is 1. The molecule has 2 aliphatic rings. The molecule has 0 N–H and O–H groups in total. The van der Waals surface area contributed by atoms with Gasteiger partial charge in [-0.05, 0) is 49.6 Å². The van der Waals surface area contributed by atoms with Crippen molar-refractivity contribution in [1.29, 1.82) is 5.26 Å². The van der Waals surface area contributed by atoms with Crippen molar-refractivity contribution in [2.75, 3.05) is 17.4 Å². The monoisotopic (exact) mass is 389 g/mol. The van der Waals surface area contributed by atoms with Crippen LogP contribution in [-0.2, 0) is 4.79 Å². The molecule has 1 atom stereocenters. The lowest BCUT2D eigenvalue weighted by Gasteiger charge is -2.42. The Balaban J connectivity index is 1.65. The average molecular weight is 390 g/mol. The van der Waals surface area contributed by atoms with E-state index in [1.54, 1.807) is 16.7 Å². The van der Waals surface area contributed by atoms with E-state index >= 15 is 0 Å². The number of anilines is 1. The number of fused-ring (bicyclic) bond motifs is 1. The van der Waals surface area contributed by atoms with E-state index in [0.29, 0.717) is 18.7 Å². The smallest absolute Gasteiger partial charge is 0.229 e. The van der Waals surface area contributed by atoms with Crippen molar-refractivity contribution < 1.29 is 4.79 Å². The summed E-state index contributed by atoms with van der Waals surface area (Å²) in [6, 6.07) is 17.0. The Labute approximate surface area is 170 Å². The normalized spacial score (nSPS) is 19.5. The van der Waals surface area contributed by atoms with Gasteiger partial charge in [-0.15, -0.1) is 0 Å². The number of rotatable bonds is 2. The molecule has 142 valence electrons. The Morgan fingerprint density at radius 1 is 1.07 bits per heavy atom. The van der Waals surface area contributed by atoms with Crippen LogP contribution in [0, 0.1) is 32.1 Å². The highest BCUT2D eigenvalue weighted by molar-refractivity contribution is 8.03. The van der Waals surface area contributed by atoms with E-state index in [0.717, 1.165) is 22.2 Å². The molecule has 2 aromatic carbocycles. The summed E-state index contributed by atoms with van der Waals surface area (Å²) in [5, 5.41) is 10.7. The summed E-state index contributed by atoms with van der Waals surface area (Å²) in [6.07, 6.45) is 0.344. The molecule has 0 spiro atoms. The first kappa shape index (κ1) is 18.6. The van der Waals surface area contributed by atoms with Crippen LogP contribution in [0.15, 0.2) is 53.1 Å². The molecule has 0 unspecified atom stereocenters. The lowest BCUT2D eigenvalue weighted by molar-refractivity contribution is -0.129. The summed E-state index contributed by atoms with van der Waals surface area (Å²) in [5.41, 5.74) is 6.55. The van der Waals surface area contributed by atoms with E-state index in [1.807, 2.05) is 31.2 Å². The van der Waals surface area contributed by atoms with Crippen molar-refractivity contribution >= 4 is 23.4 Å². The van der Waals surface area contributed by atoms with Gasteiger partial charge in [0.2, 0.25) is 5.91 Å². The first-order chi connectivity index (χ1) is 13.5. The highest BCUT2D eigenvalue weighted by Crippen LogP contribution is 2.43. The van der Waals surface area contributed by atoms with Gasteiger partial charge in [-0.1, -0.05) is 47.7 Å². The van der Waals surface area contributed by atoms with Gasteiger partial charge < -0.3 is 4.90 Å². The fraction of sp³-hybridized carbons (Fsp3) is 0.304. The van der Waals surface area contributed by atoms with Crippen LogP contribution in [0.2, 0.25) is 0 Å². The number of carbonyl (C=O) groups excluding carboxylic acids is 1. The molecule has 0 aromatic heterocycles. The zero-order valence-corrected chi connectivity index (χ0v) is 17.2. The van der Waals surface area contributed by atoms with E-state index in [4.69, 9.17) is 0 Å². The second kappa shape index (κ2) is 7.37. The SMILES string of the molecule is Cc1ccc([C@H]2CC(=O)N3CN(c4ccc(C)c(C)c4)CSC3=C2C#N)cc1. The van der Waals surface area contributed by atoms with Gasteiger partial charge in [0, 0.05) is 18.0 Å². The number of allylic oxidation sites excluding steroid dienone is 1. The molecule has 1 fully saturated rings. The third-order valence-corrected chi connectivity index (χ3v) is 6.78. The molecule has 1 amide bonds. The van der Waals surface area contributed by atoms with Gasteiger partial charge in [-0.2, -0.15) is 5.26 Å². The lowest BCUT2D eigenvalue weighted by atomic mass is 9.86. The summed E-state index contributed by atoms with van der Waals surface area (Å²) >= 11 is 1.59. The number of nitriles is 1. The Morgan fingerprint density at radius 3 is 2.50 bits per heavy atom. The van der Waals surface area contributed by atoms with Crippen molar-refractivity contribution in [3.05, 3.63) is 75.3 Å². The fourth-order valence-electron chi connectivity index (χ4n) is 3.73. The molecule has 5 heteroatoms. The zero-order valence-electron chi connectivity index (χ0n) is 16.4. The minimum absolute atomic E-state index is 0.0839. The number of amides is 1. The van der Waals surface area contributed by atoms with Gasteiger partial charge in [0.15, 0.2) is 0 Å². The van der Waals surface area contributed by atoms with Crippen LogP contribution in [0.1, 0.15) is 34.6 Å². The van der Waals surface area contributed by atoms with Gasteiger partial charge in [-0.3, -0.25) is 9.69 Å². The molecule has 0 bridgehead atoms. The first-order valence-electron chi connectivity index (χ1n) is 9.44. The van der Waals surface area contributed by atoms with Crippen molar-refractivity contribution in [1.82, 2.24) is 4.90 Å². The maximum absolute atomic E-state index is 13.0. The van der Waals surface area contributed by atoms with E-state index in [1.165, 1.54) is 16.7 Å². The molecule has 1 saturated heterocycles. The third-order valence-electron chi connectivity index (χ3n) is 5.63. The average Bonchev–Trinajstić information content (AvgIpc) is 2.70. The fourth-order valence-corrected chi connectivity index (χ4v) is 4.90. The van der Waals surface area contributed by atoms with Crippen LogP contribution in [0.25, 0.3) is 0 Å². The summed E-state index contributed by atoms with van der Waals surface area (Å²) in [6.45, 7) is 6.74. The molecule has 4 rings (SSSR count). The Bertz CT molecular complexity index is 1000. The minimum Gasteiger partial charge on any atom is -0.344 e. The van der Waals surface area contributed by atoms with Crippen molar-refractivity contribution in [2.45, 2.75) is 33.1 Å². The minimum atomic E-state index is -0.148. The van der Waals surface area contributed by atoms with E-state index in [9.17, 15) is 10.1 Å².